The number of esters is 3. The van der Waals surface area contributed by atoms with Gasteiger partial charge in [0.05, 0.1) is 11.1 Å². The topological polar surface area (TPSA) is 78.9 Å². The number of carbonyl (C=O) groups excluding carboxylic acids is 3. The highest BCUT2D eigenvalue weighted by molar-refractivity contribution is 6.21. The lowest BCUT2D eigenvalue weighted by Gasteiger charge is -2.04. The second-order valence-electron chi connectivity index (χ2n) is 7.09. The molecule has 152 valence electrons. The van der Waals surface area contributed by atoms with Gasteiger partial charge in [0.25, 0.3) is 0 Å². The predicted molar refractivity (Wildman–Crippen MR) is 111 cm³/mol. The predicted octanol–water partition coefficient (Wildman–Crippen LogP) is 2.24. The van der Waals surface area contributed by atoms with Crippen LogP contribution in [0.2, 0.25) is 0 Å². The lowest BCUT2D eigenvalue weighted by atomic mass is 10.0. The maximum atomic E-state index is 12.6. The van der Waals surface area contributed by atoms with Crippen molar-refractivity contribution in [1.82, 2.24) is 0 Å². The number of hydrogen-bond donors (Lipinski definition) is 0. The number of rotatable bonds is 4. The first-order chi connectivity index (χ1) is 15.0. The van der Waals surface area contributed by atoms with Gasteiger partial charge in [-0.1, -0.05) is 49.4 Å². The summed E-state index contributed by atoms with van der Waals surface area (Å²) in [5.74, 6) is -0.134. The van der Waals surface area contributed by atoms with E-state index >= 15 is 0 Å². The van der Waals surface area contributed by atoms with Crippen LogP contribution in [0.1, 0.15) is 24.5 Å². The van der Waals surface area contributed by atoms with Gasteiger partial charge in [0, 0.05) is 16.9 Å². The number of ether oxygens (including phenoxy) is 3. The van der Waals surface area contributed by atoms with Crippen LogP contribution in [0.3, 0.4) is 0 Å². The maximum absolute atomic E-state index is 12.6. The smallest absolute Gasteiger partial charge is 0.344 e. The molecule has 5 rings (SSSR count). The van der Waals surface area contributed by atoms with Crippen molar-refractivity contribution in [3.05, 3.63) is 88.3 Å². The SMILES string of the molecule is CCC(=O)Oc1ccc(C2=c3cc4c(cc3OC2=O)=C(c2ccccc2)C(=O)O4)cc1. The first-order valence-corrected chi connectivity index (χ1v) is 9.78. The first kappa shape index (κ1) is 18.8. The van der Waals surface area contributed by atoms with Gasteiger partial charge in [-0.3, -0.25) is 4.79 Å². The highest BCUT2D eigenvalue weighted by atomic mass is 16.5. The van der Waals surface area contributed by atoms with Crippen LogP contribution in [-0.2, 0) is 14.4 Å². The lowest BCUT2D eigenvalue weighted by molar-refractivity contribution is -0.134. The Morgan fingerprint density at radius 3 is 1.81 bits per heavy atom. The maximum Gasteiger partial charge on any atom is 0.344 e. The van der Waals surface area contributed by atoms with Gasteiger partial charge in [-0.2, -0.15) is 0 Å². The summed E-state index contributed by atoms with van der Waals surface area (Å²) in [6, 6.07) is 19.1. The van der Waals surface area contributed by atoms with Crippen LogP contribution >= 0.6 is 0 Å². The Morgan fingerprint density at radius 1 is 0.774 bits per heavy atom. The molecule has 0 fully saturated rings. The average Bonchev–Trinajstić information content (AvgIpc) is 3.27. The summed E-state index contributed by atoms with van der Waals surface area (Å²) in [7, 11) is 0. The Morgan fingerprint density at radius 2 is 1.29 bits per heavy atom. The molecule has 0 aromatic heterocycles. The average molecular weight is 412 g/mol. The van der Waals surface area contributed by atoms with Crippen molar-refractivity contribution >= 4 is 29.1 Å². The Labute approximate surface area is 177 Å². The minimum absolute atomic E-state index is 0.268. The Kier molecular flexibility index (Phi) is 4.40. The number of hydrogen-bond acceptors (Lipinski definition) is 6. The number of benzene rings is 3. The largest absolute Gasteiger partial charge is 0.427 e. The summed E-state index contributed by atoms with van der Waals surface area (Å²) in [5, 5.41) is 1.13. The summed E-state index contributed by atoms with van der Waals surface area (Å²) in [4.78, 5) is 36.6. The van der Waals surface area contributed by atoms with Crippen LogP contribution in [0.25, 0.3) is 11.1 Å². The van der Waals surface area contributed by atoms with Gasteiger partial charge in [0.2, 0.25) is 0 Å². The highest BCUT2D eigenvalue weighted by Crippen LogP contribution is 2.27. The molecule has 2 aliphatic heterocycles. The second kappa shape index (κ2) is 7.25. The molecule has 0 amide bonds. The molecule has 0 bridgehead atoms. The minimum Gasteiger partial charge on any atom is -0.427 e. The van der Waals surface area contributed by atoms with Crippen LogP contribution in [-0.4, -0.2) is 17.9 Å². The van der Waals surface area contributed by atoms with Crippen molar-refractivity contribution in [2.75, 3.05) is 0 Å². The van der Waals surface area contributed by atoms with E-state index in [1.54, 1.807) is 43.3 Å². The third-order valence-electron chi connectivity index (χ3n) is 5.16. The van der Waals surface area contributed by atoms with Crippen molar-refractivity contribution in [1.29, 1.82) is 0 Å². The van der Waals surface area contributed by atoms with E-state index in [0.29, 0.717) is 44.4 Å². The van der Waals surface area contributed by atoms with Crippen molar-refractivity contribution in [2.45, 2.75) is 13.3 Å². The van der Waals surface area contributed by atoms with Crippen molar-refractivity contribution in [3.63, 3.8) is 0 Å². The molecule has 0 aliphatic carbocycles. The van der Waals surface area contributed by atoms with E-state index in [4.69, 9.17) is 14.2 Å². The molecule has 0 unspecified atom stereocenters. The van der Waals surface area contributed by atoms with Gasteiger partial charge >= 0.3 is 17.9 Å². The molecule has 2 aliphatic rings. The highest BCUT2D eigenvalue weighted by Gasteiger charge is 2.30. The van der Waals surface area contributed by atoms with Crippen molar-refractivity contribution < 1.29 is 28.6 Å². The normalized spacial score (nSPS) is 14.1. The Bertz CT molecular complexity index is 1370. The third-order valence-corrected chi connectivity index (χ3v) is 5.16. The van der Waals surface area contributed by atoms with E-state index in [0.717, 1.165) is 5.56 Å². The van der Waals surface area contributed by atoms with E-state index in [9.17, 15) is 14.4 Å². The summed E-state index contributed by atoms with van der Waals surface area (Å²) in [6.07, 6.45) is 0.268. The fourth-order valence-corrected chi connectivity index (χ4v) is 3.69. The summed E-state index contributed by atoms with van der Waals surface area (Å²) in [6.45, 7) is 1.71. The molecule has 0 saturated carbocycles. The standard InChI is InChI=1S/C25H16O6/c1-2-21(26)29-16-10-8-15(9-11-16)23-18-13-19-17(12-20(18)31-25(23)28)22(24(27)30-19)14-6-4-3-5-7-14/h3-13H,2H2,1H3. The van der Waals surface area contributed by atoms with Gasteiger partial charge in [0.15, 0.2) is 0 Å². The fourth-order valence-electron chi connectivity index (χ4n) is 3.69. The zero-order valence-electron chi connectivity index (χ0n) is 16.5. The van der Waals surface area contributed by atoms with Crippen LogP contribution in [0.4, 0.5) is 0 Å². The summed E-state index contributed by atoms with van der Waals surface area (Å²) < 4.78 is 16.1. The van der Waals surface area contributed by atoms with E-state index in [2.05, 4.69) is 0 Å². The van der Waals surface area contributed by atoms with Gasteiger partial charge < -0.3 is 14.2 Å². The van der Waals surface area contributed by atoms with Gasteiger partial charge in [0.1, 0.15) is 17.2 Å². The molecule has 6 heteroatoms. The zero-order chi connectivity index (χ0) is 21.5. The van der Waals surface area contributed by atoms with Crippen LogP contribution < -0.4 is 24.6 Å². The van der Waals surface area contributed by atoms with E-state index in [1.165, 1.54) is 0 Å². The Hall–Kier alpha value is -4.19. The molecule has 0 spiro atoms. The molecule has 0 N–H and O–H groups in total. The molecule has 3 aromatic carbocycles. The van der Waals surface area contributed by atoms with E-state index in [1.807, 2.05) is 30.3 Å². The van der Waals surface area contributed by atoms with Gasteiger partial charge in [-0.25, -0.2) is 9.59 Å². The summed E-state index contributed by atoms with van der Waals surface area (Å²) in [5.41, 5.74) is 2.13. The van der Waals surface area contributed by atoms with Gasteiger partial charge in [-0.15, -0.1) is 0 Å². The molecule has 31 heavy (non-hydrogen) atoms. The van der Waals surface area contributed by atoms with Crippen LogP contribution in [0, 0.1) is 0 Å². The number of fused-ring (bicyclic) bond motifs is 2. The third kappa shape index (κ3) is 3.18. The summed E-state index contributed by atoms with van der Waals surface area (Å²) >= 11 is 0. The molecular weight excluding hydrogens is 396 g/mol. The van der Waals surface area contributed by atoms with Crippen LogP contribution in [0.15, 0.2) is 66.7 Å². The minimum atomic E-state index is -0.496. The first-order valence-electron chi connectivity index (χ1n) is 9.78. The molecule has 0 radical (unpaired) electrons. The quantitative estimate of drug-likeness (QED) is 0.483. The molecular formula is C25H16O6. The molecule has 3 aromatic rings. The van der Waals surface area contributed by atoms with Crippen molar-refractivity contribution in [3.8, 4) is 17.2 Å². The molecule has 0 saturated heterocycles. The van der Waals surface area contributed by atoms with Crippen molar-refractivity contribution in [2.24, 2.45) is 0 Å². The van der Waals surface area contributed by atoms with Gasteiger partial charge in [-0.05, 0) is 35.4 Å². The van der Waals surface area contributed by atoms with E-state index in [-0.39, 0.29) is 12.4 Å². The van der Waals surface area contributed by atoms with E-state index < -0.39 is 11.9 Å². The lowest BCUT2D eigenvalue weighted by Crippen LogP contribution is -2.11. The molecule has 2 heterocycles. The second-order valence-corrected chi connectivity index (χ2v) is 7.09. The van der Waals surface area contributed by atoms with Crippen LogP contribution in [0.5, 0.6) is 17.2 Å². The Balaban J connectivity index is 1.63. The number of carbonyl (C=O) groups is 3. The molecule has 6 nitrogen and oxygen atoms in total. The molecule has 0 atom stereocenters. The fraction of sp³-hybridized carbons (Fsp3) is 0.0800. The monoisotopic (exact) mass is 412 g/mol. The zero-order valence-corrected chi connectivity index (χ0v) is 16.5.